The molecule has 24 heavy (non-hydrogen) atoms. The Labute approximate surface area is 144 Å². The average Bonchev–Trinajstić information content (AvgIpc) is 2.56. The molecule has 0 aromatic rings. The van der Waals surface area contributed by atoms with Gasteiger partial charge >= 0.3 is 11.9 Å². The van der Waals surface area contributed by atoms with E-state index < -0.39 is 11.9 Å². The van der Waals surface area contributed by atoms with Crippen LogP contribution in [0.2, 0.25) is 0 Å². The Balaban J connectivity index is 0.000000363. The largest absolute Gasteiger partial charge is 0.481 e. The van der Waals surface area contributed by atoms with Crippen molar-refractivity contribution < 1.29 is 19.8 Å². The Bertz CT molecular complexity index is 416. The van der Waals surface area contributed by atoms with Crippen LogP contribution in [-0.2, 0) is 9.59 Å². The van der Waals surface area contributed by atoms with Crippen molar-refractivity contribution in [1.82, 2.24) is 0 Å². The third-order valence-corrected chi connectivity index (χ3v) is 4.14. The van der Waals surface area contributed by atoms with Crippen molar-refractivity contribution in [2.45, 2.75) is 52.4 Å². The first kappa shape index (κ1) is 22.3. The summed E-state index contributed by atoms with van der Waals surface area (Å²) in [5, 5.41) is 17.2. The standard InChI is InChI=1S/2C8H12O2.C2H8N2/c2*1-6-2-4-7(5-3-6)8(9)10;3-1-2-4/h2*2,7H,3-5H2,1H3,(H,9,10);1-4H2. The number of hydrogen-bond acceptors (Lipinski definition) is 4. The number of nitrogens with two attached hydrogens (primary N) is 2. The van der Waals surface area contributed by atoms with E-state index in [2.05, 4.69) is 13.8 Å². The molecule has 0 bridgehead atoms. The number of carbonyl (C=O) groups is 2. The summed E-state index contributed by atoms with van der Waals surface area (Å²) in [6.45, 7) is 5.30. The highest BCUT2D eigenvalue weighted by Gasteiger charge is 2.19. The van der Waals surface area contributed by atoms with Crippen LogP contribution in [0, 0.1) is 11.8 Å². The molecule has 2 unspecified atom stereocenters. The predicted octanol–water partition coefficient (Wildman–Crippen LogP) is 2.54. The Kier molecular flexibility index (Phi) is 11.8. The minimum Gasteiger partial charge on any atom is -0.481 e. The zero-order valence-electron chi connectivity index (χ0n) is 14.8. The molecule has 2 aliphatic carbocycles. The number of carboxylic acids is 2. The highest BCUT2D eigenvalue weighted by molar-refractivity contribution is 5.70. The van der Waals surface area contributed by atoms with Gasteiger partial charge in [0.2, 0.25) is 0 Å². The van der Waals surface area contributed by atoms with Gasteiger partial charge in [-0.15, -0.1) is 0 Å². The second-order valence-electron chi connectivity index (χ2n) is 6.30. The molecule has 0 saturated heterocycles. The SMILES string of the molecule is CC1=CCC(C(=O)O)CC1.CC1=CCC(C(=O)O)CC1.NCCN. The van der Waals surface area contributed by atoms with Gasteiger partial charge in [0.15, 0.2) is 0 Å². The minimum absolute atomic E-state index is 0.122. The molecule has 2 rings (SSSR count). The molecule has 2 aliphatic rings. The molecule has 0 amide bonds. The molecular weight excluding hydrogens is 308 g/mol. The quantitative estimate of drug-likeness (QED) is 0.585. The van der Waals surface area contributed by atoms with Crippen molar-refractivity contribution in [3.05, 3.63) is 23.3 Å². The molecular formula is C18H32N2O4. The van der Waals surface area contributed by atoms with E-state index in [1.807, 2.05) is 12.2 Å². The minimum atomic E-state index is -0.649. The zero-order chi connectivity index (χ0) is 18.5. The third-order valence-electron chi connectivity index (χ3n) is 4.14. The average molecular weight is 340 g/mol. The van der Waals surface area contributed by atoms with Crippen molar-refractivity contribution in [2.75, 3.05) is 13.1 Å². The summed E-state index contributed by atoms with van der Waals surface area (Å²) in [4.78, 5) is 20.9. The van der Waals surface area contributed by atoms with Crippen LogP contribution in [0.15, 0.2) is 23.3 Å². The molecule has 0 aromatic heterocycles. The van der Waals surface area contributed by atoms with Gasteiger partial charge in [-0.2, -0.15) is 0 Å². The summed E-state index contributed by atoms with van der Waals surface area (Å²) < 4.78 is 0. The van der Waals surface area contributed by atoms with E-state index in [9.17, 15) is 9.59 Å². The first-order chi connectivity index (χ1) is 11.3. The van der Waals surface area contributed by atoms with E-state index in [0.29, 0.717) is 13.1 Å². The van der Waals surface area contributed by atoms with E-state index >= 15 is 0 Å². The molecule has 138 valence electrons. The van der Waals surface area contributed by atoms with Gasteiger partial charge in [-0.25, -0.2) is 0 Å². The molecule has 6 heteroatoms. The number of carboxylic acid groups (broad SMARTS) is 2. The Hall–Kier alpha value is -1.66. The molecule has 0 aromatic carbocycles. The van der Waals surface area contributed by atoms with Gasteiger partial charge in [-0.1, -0.05) is 23.3 Å². The van der Waals surface area contributed by atoms with Crippen molar-refractivity contribution >= 4 is 11.9 Å². The Morgan fingerprint density at radius 3 is 1.42 bits per heavy atom. The summed E-state index contributed by atoms with van der Waals surface area (Å²) in [5.41, 5.74) is 12.5. The van der Waals surface area contributed by atoms with Gasteiger partial charge in [0.1, 0.15) is 0 Å². The van der Waals surface area contributed by atoms with Crippen molar-refractivity contribution in [3.63, 3.8) is 0 Å². The molecule has 0 spiro atoms. The van der Waals surface area contributed by atoms with Gasteiger partial charge in [-0.05, 0) is 52.4 Å². The smallest absolute Gasteiger partial charge is 0.306 e. The van der Waals surface area contributed by atoms with E-state index in [1.54, 1.807) is 0 Å². The maximum absolute atomic E-state index is 10.4. The number of rotatable bonds is 3. The van der Waals surface area contributed by atoms with Crippen molar-refractivity contribution in [1.29, 1.82) is 0 Å². The molecule has 6 nitrogen and oxygen atoms in total. The molecule has 0 aliphatic heterocycles. The maximum atomic E-state index is 10.4. The lowest BCUT2D eigenvalue weighted by atomic mass is 9.90. The van der Waals surface area contributed by atoms with Crippen LogP contribution in [0.25, 0.3) is 0 Å². The summed E-state index contributed by atoms with van der Waals surface area (Å²) >= 11 is 0. The molecule has 0 heterocycles. The fraction of sp³-hybridized carbons (Fsp3) is 0.667. The summed E-state index contributed by atoms with van der Waals surface area (Å²) in [7, 11) is 0. The first-order valence-electron chi connectivity index (χ1n) is 8.48. The lowest BCUT2D eigenvalue weighted by Gasteiger charge is -2.15. The third kappa shape index (κ3) is 10.2. The number of aliphatic carboxylic acids is 2. The summed E-state index contributed by atoms with van der Waals surface area (Å²) in [5.74, 6) is -1.54. The summed E-state index contributed by atoms with van der Waals surface area (Å²) in [6.07, 6.45) is 9.05. The lowest BCUT2D eigenvalue weighted by molar-refractivity contribution is -0.142. The topological polar surface area (TPSA) is 127 Å². The van der Waals surface area contributed by atoms with Crippen molar-refractivity contribution in [3.8, 4) is 0 Å². The molecule has 0 fully saturated rings. The molecule has 6 N–H and O–H groups in total. The van der Waals surface area contributed by atoms with Crippen LogP contribution < -0.4 is 11.5 Å². The van der Waals surface area contributed by atoms with Gasteiger partial charge in [-0.3, -0.25) is 9.59 Å². The van der Waals surface area contributed by atoms with Crippen LogP contribution in [0.1, 0.15) is 52.4 Å². The van der Waals surface area contributed by atoms with Gasteiger partial charge in [0.05, 0.1) is 11.8 Å². The zero-order valence-corrected chi connectivity index (χ0v) is 14.8. The van der Waals surface area contributed by atoms with E-state index in [4.69, 9.17) is 21.7 Å². The maximum Gasteiger partial charge on any atom is 0.306 e. The Morgan fingerprint density at radius 2 is 1.25 bits per heavy atom. The van der Waals surface area contributed by atoms with Gasteiger partial charge in [0.25, 0.3) is 0 Å². The Morgan fingerprint density at radius 1 is 0.917 bits per heavy atom. The summed E-state index contributed by atoms with van der Waals surface area (Å²) in [6, 6.07) is 0. The number of allylic oxidation sites excluding steroid dienone is 4. The van der Waals surface area contributed by atoms with Crippen LogP contribution in [0.3, 0.4) is 0 Å². The number of hydrogen-bond donors (Lipinski definition) is 4. The van der Waals surface area contributed by atoms with E-state index in [0.717, 1.165) is 38.5 Å². The normalized spacial score (nSPS) is 22.7. The fourth-order valence-electron chi connectivity index (χ4n) is 2.38. The highest BCUT2D eigenvalue weighted by Crippen LogP contribution is 2.23. The first-order valence-corrected chi connectivity index (χ1v) is 8.48. The highest BCUT2D eigenvalue weighted by atomic mass is 16.4. The van der Waals surface area contributed by atoms with Crippen molar-refractivity contribution in [2.24, 2.45) is 23.3 Å². The van der Waals surface area contributed by atoms with Crippen LogP contribution in [0.4, 0.5) is 0 Å². The predicted molar refractivity (Wildman–Crippen MR) is 95.6 cm³/mol. The monoisotopic (exact) mass is 340 g/mol. The van der Waals surface area contributed by atoms with Gasteiger partial charge in [0, 0.05) is 13.1 Å². The lowest BCUT2D eigenvalue weighted by Crippen LogP contribution is -2.15. The van der Waals surface area contributed by atoms with Gasteiger partial charge < -0.3 is 21.7 Å². The van der Waals surface area contributed by atoms with Crippen LogP contribution >= 0.6 is 0 Å². The fourth-order valence-corrected chi connectivity index (χ4v) is 2.38. The van der Waals surface area contributed by atoms with E-state index in [1.165, 1.54) is 11.1 Å². The molecule has 2 atom stereocenters. The molecule has 0 radical (unpaired) electrons. The van der Waals surface area contributed by atoms with Crippen LogP contribution in [-0.4, -0.2) is 35.2 Å². The molecule has 0 saturated carbocycles. The van der Waals surface area contributed by atoms with Crippen LogP contribution in [0.5, 0.6) is 0 Å². The second-order valence-corrected chi connectivity index (χ2v) is 6.30. The van der Waals surface area contributed by atoms with E-state index in [-0.39, 0.29) is 11.8 Å². The second kappa shape index (κ2) is 12.7.